The maximum absolute atomic E-state index is 12.6. The Labute approximate surface area is 127 Å². The van der Waals surface area contributed by atoms with Gasteiger partial charge in [0.25, 0.3) is 0 Å². The first-order chi connectivity index (χ1) is 9.99. The van der Waals surface area contributed by atoms with E-state index in [2.05, 4.69) is 0 Å². The number of unbranched alkanes of at least 4 members (excludes halogenated alkanes) is 1. The fraction of sp³-hybridized carbons (Fsp3) is 0.929. The van der Waals surface area contributed by atoms with Gasteiger partial charge in [0.05, 0.1) is 5.75 Å². The van der Waals surface area contributed by atoms with Gasteiger partial charge in [0.1, 0.15) is 6.04 Å². The van der Waals surface area contributed by atoms with Crippen molar-refractivity contribution in [3.05, 3.63) is 0 Å². The summed E-state index contributed by atoms with van der Waals surface area (Å²) in [6.07, 6.45) is 3.84. The standard InChI is InChI=1S/C14H27N3O3S/c1-2-3-9-21(19,20)17-7-4-5-13(17)14(18)16-8-6-12(10-15)11-16/h12-13H,2-11,15H2,1H3. The normalized spacial score (nSPS) is 27.4. The Bertz CT molecular complexity index is 466. The largest absolute Gasteiger partial charge is 0.341 e. The topological polar surface area (TPSA) is 83.7 Å². The van der Waals surface area contributed by atoms with Gasteiger partial charge in [0.2, 0.25) is 15.9 Å². The van der Waals surface area contributed by atoms with Crippen LogP contribution in [0.4, 0.5) is 0 Å². The maximum atomic E-state index is 12.6. The van der Waals surface area contributed by atoms with Crippen molar-refractivity contribution in [3.8, 4) is 0 Å². The Hall–Kier alpha value is -0.660. The molecule has 7 heteroatoms. The minimum atomic E-state index is -3.30. The molecule has 0 aromatic carbocycles. The molecule has 2 heterocycles. The van der Waals surface area contributed by atoms with Crippen LogP contribution in [-0.4, -0.2) is 61.5 Å². The summed E-state index contributed by atoms with van der Waals surface area (Å²) in [4.78, 5) is 14.4. The lowest BCUT2D eigenvalue weighted by Crippen LogP contribution is -2.47. The number of hydrogen-bond acceptors (Lipinski definition) is 4. The second-order valence-electron chi connectivity index (χ2n) is 6.11. The van der Waals surface area contributed by atoms with E-state index < -0.39 is 16.1 Å². The van der Waals surface area contributed by atoms with Crippen LogP contribution in [0, 0.1) is 5.92 Å². The molecule has 2 unspecified atom stereocenters. The summed E-state index contributed by atoms with van der Waals surface area (Å²) >= 11 is 0. The van der Waals surface area contributed by atoms with Crippen LogP contribution in [-0.2, 0) is 14.8 Å². The molecule has 2 fully saturated rings. The molecule has 0 spiro atoms. The summed E-state index contributed by atoms with van der Waals surface area (Å²) < 4.78 is 26.2. The number of likely N-dealkylation sites (tertiary alicyclic amines) is 1. The van der Waals surface area contributed by atoms with Gasteiger partial charge in [-0.15, -0.1) is 0 Å². The zero-order valence-electron chi connectivity index (χ0n) is 12.8. The van der Waals surface area contributed by atoms with Crippen molar-refractivity contribution < 1.29 is 13.2 Å². The van der Waals surface area contributed by atoms with Crippen molar-refractivity contribution in [3.63, 3.8) is 0 Å². The molecule has 2 atom stereocenters. The third kappa shape index (κ3) is 3.76. The highest BCUT2D eigenvalue weighted by Gasteiger charge is 2.41. The Balaban J connectivity index is 2.03. The van der Waals surface area contributed by atoms with Crippen molar-refractivity contribution in [2.24, 2.45) is 11.7 Å². The molecule has 122 valence electrons. The zero-order chi connectivity index (χ0) is 15.5. The molecule has 0 radical (unpaired) electrons. The quantitative estimate of drug-likeness (QED) is 0.768. The monoisotopic (exact) mass is 317 g/mol. The highest BCUT2D eigenvalue weighted by molar-refractivity contribution is 7.89. The lowest BCUT2D eigenvalue weighted by molar-refractivity contribution is -0.133. The predicted molar refractivity (Wildman–Crippen MR) is 82.2 cm³/mol. The number of sulfonamides is 1. The van der Waals surface area contributed by atoms with Crippen LogP contribution in [0.2, 0.25) is 0 Å². The second-order valence-corrected chi connectivity index (χ2v) is 8.15. The highest BCUT2D eigenvalue weighted by Crippen LogP contribution is 2.26. The molecule has 0 aromatic heterocycles. The number of nitrogens with two attached hydrogens (primary N) is 1. The first-order valence-corrected chi connectivity index (χ1v) is 9.59. The van der Waals surface area contributed by atoms with Crippen LogP contribution in [0.3, 0.4) is 0 Å². The lowest BCUT2D eigenvalue weighted by atomic mass is 10.1. The number of rotatable bonds is 6. The Morgan fingerprint density at radius 2 is 2.05 bits per heavy atom. The maximum Gasteiger partial charge on any atom is 0.241 e. The van der Waals surface area contributed by atoms with Crippen molar-refractivity contribution in [1.82, 2.24) is 9.21 Å². The van der Waals surface area contributed by atoms with Gasteiger partial charge in [-0.2, -0.15) is 4.31 Å². The van der Waals surface area contributed by atoms with E-state index in [4.69, 9.17) is 5.73 Å². The fourth-order valence-electron chi connectivity index (χ4n) is 3.20. The molecule has 1 amide bonds. The van der Waals surface area contributed by atoms with Gasteiger partial charge in [0, 0.05) is 19.6 Å². The van der Waals surface area contributed by atoms with Crippen LogP contribution in [0.5, 0.6) is 0 Å². The molecule has 0 saturated carbocycles. The average molecular weight is 317 g/mol. The van der Waals surface area contributed by atoms with Crippen molar-refractivity contribution in [2.45, 2.75) is 45.1 Å². The van der Waals surface area contributed by atoms with Crippen molar-refractivity contribution in [1.29, 1.82) is 0 Å². The summed E-state index contributed by atoms with van der Waals surface area (Å²) in [5, 5.41) is 0. The Morgan fingerprint density at radius 1 is 1.29 bits per heavy atom. The van der Waals surface area contributed by atoms with Crippen molar-refractivity contribution in [2.75, 3.05) is 31.9 Å². The molecule has 0 bridgehead atoms. The molecular weight excluding hydrogens is 290 g/mol. The molecule has 21 heavy (non-hydrogen) atoms. The fourth-order valence-corrected chi connectivity index (χ4v) is 5.08. The summed E-state index contributed by atoms with van der Waals surface area (Å²) in [6, 6.07) is -0.483. The van der Waals surface area contributed by atoms with E-state index in [1.54, 1.807) is 4.90 Å². The van der Waals surface area contributed by atoms with E-state index >= 15 is 0 Å². The smallest absolute Gasteiger partial charge is 0.241 e. The summed E-state index contributed by atoms with van der Waals surface area (Å²) in [7, 11) is -3.30. The van der Waals surface area contributed by atoms with E-state index in [0.29, 0.717) is 44.9 Å². The SMILES string of the molecule is CCCCS(=O)(=O)N1CCCC1C(=O)N1CCC(CN)C1. The number of amides is 1. The van der Waals surface area contributed by atoms with Gasteiger partial charge in [-0.1, -0.05) is 13.3 Å². The molecule has 2 saturated heterocycles. The second kappa shape index (κ2) is 7.07. The van der Waals surface area contributed by atoms with Gasteiger partial charge in [-0.25, -0.2) is 8.42 Å². The number of carbonyl (C=O) groups is 1. The van der Waals surface area contributed by atoms with Crippen LogP contribution in [0.25, 0.3) is 0 Å². The Morgan fingerprint density at radius 3 is 2.67 bits per heavy atom. The van der Waals surface area contributed by atoms with E-state index in [9.17, 15) is 13.2 Å². The zero-order valence-corrected chi connectivity index (χ0v) is 13.6. The highest BCUT2D eigenvalue weighted by atomic mass is 32.2. The van der Waals surface area contributed by atoms with Gasteiger partial charge >= 0.3 is 0 Å². The lowest BCUT2D eigenvalue weighted by Gasteiger charge is -2.27. The molecule has 2 rings (SSSR count). The third-order valence-corrected chi connectivity index (χ3v) is 6.49. The number of nitrogens with zero attached hydrogens (tertiary/aromatic N) is 2. The van der Waals surface area contributed by atoms with Gasteiger partial charge < -0.3 is 10.6 Å². The predicted octanol–water partition coefficient (Wildman–Crippen LogP) is 0.388. The third-order valence-electron chi connectivity index (χ3n) is 4.53. The van der Waals surface area contributed by atoms with E-state index in [0.717, 1.165) is 19.3 Å². The van der Waals surface area contributed by atoms with Gasteiger partial charge in [-0.05, 0) is 38.1 Å². The minimum Gasteiger partial charge on any atom is -0.341 e. The van der Waals surface area contributed by atoms with Gasteiger partial charge in [-0.3, -0.25) is 4.79 Å². The van der Waals surface area contributed by atoms with Crippen LogP contribution >= 0.6 is 0 Å². The Kier molecular flexibility index (Phi) is 5.62. The van der Waals surface area contributed by atoms with Crippen LogP contribution < -0.4 is 5.73 Å². The molecule has 2 aliphatic heterocycles. The molecule has 0 aromatic rings. The van der Waals surface area contributed by atoms with Crippen LogP contribution in [0.15, 0.2) is 0 Å². The summed E-state index contributed by atoms with van der Waals surface area (Å²) in [6.45, 7) is 4.43. The summed E-state index contributed by atoms with van der Waals surface area (Å²) in [5.74, 6) is 0.489. The van der Waals surface area contributed by atoms with Crippen molar-refractivity contribution >= 4 is 15.9 Å². The van der Waals surface area contributed by atoms with E-state index in [1.807, 2.05) is 6.92 Å². The average Bonchev–Trinajstić information content (AvgIpc) is 3.13. The first-order valence-electron chi connectivity index (χ1n) is 7.98. The number of carbonyl (C=O) groups excluding carboxylic acids is 1. The molecule has 6 nitrogen and oxygen atoms in total. The van der Waals surface area contributed by atoms with E-state index in [-0.39, 0.29) is 11.7 Å². The van der Waals surface area contributed by atoms with Crippen LogP contribution in [0.1, 0.15) is 39.0 Å². The molecule has 2 aliphatic rings. The van der Waals surface area contributed by atoms with Gasteiger partial charge in [0.15, 0.2) is 0 Å². The first kappa shape index (κ1) is 16.7. The van der Waals surface area contributed by atoms with E-state index in [1.165, 1.54) is 4.31 Å². The molecular formula is C14H27N3O3S. The molecule has 2 N–H and O–H groups in total. The minimum absolute atomic E-state index is 0.0245. The molecule has 0 aliphatic carbocycles. The summed E-state index contributed by atoms with van der Waals surface area (Å²) in [5.41, 5.74) is 5.66. The number of hydrogen-bond donors (Lipinski definition) is 1.